The molecule has 0 aromatic carbocycles. The number of nitrogens with one attached hydrogen (secondary N) is 2. The van der Waals surface area contributed by atoms with Gasteiger partial charge in [0.2, 0.25) is 11.8 Å². The topological polar surface area (TPSA) is 91.7 Å². The van der Waals surface area contributed by atoms with Crippen molar-refractivity contribution in [3.63, 3.8) is 0 Å². The molecule has 0 radical (unpaired) electrons. The molecular formula is C23H31N3O4S. The van der Waals surface area contributed by atoms with E-state index >= 15 is 0 Å². The predicted molar refractivity (Wildman–Crippen MR) is 120 cm³/mol. The summed E-state index contributed by atoms with van der Waals surface area (Å²) in [7, 11) is 0. The van der Waals surface area contributed by atoms with Crippen molar-refractivity contribution in [1.29, 1.82) is 0 Å². The Hall–Kier alpha value is -2.61. The Labute approximate surface area is 187 Å². The molecular weight excluding hydrogens is 414 g/mol. The molecule has 0 saturated heterocycles. The molecule has 2 aromatic rings. The highest BCUT2D eigenvalue weighted by molar-refractivity contribution is 7.10. The van der Waals surface area contributed by atoms with Gasteiger partial charge >= 0.3 is 0 Å². The standard InChI is InChI=1S/C23H31N3O4S/c1-16(2)11-12-26(20(27)15-24-22(28)18-9-5-13-30-18)21(19-10-6-14-31-19)23(29)25-17-7-3-4-8-17/h5-6,9-10,13-14,16-17,21H,3-4,7-8,11-12,15H2,1-2H3,(H,24,28)(H,25,29). The molecule has 1 atom stereocenters. The predicted octanol–water partition coefficient (Wildman–Crippen LogP) is 3.75. The van der Waals surface area contributed by atoms with E-state index in [0.717, 1.165) is 37.0 Å². The first-order chi connectivity index (χ1) is 15.0. The summed E-state index contributed by atoms with van der Waals surface area (Å²) < 4.78 is 5.09. The van der Waals surface area contributed by atoms with E-state index in [9.17, 15) is 14.4 Å². The normalized spacial score (nSPS) is 15.1. The van der Waals surface area contributed by atoms with Gasteiger partial charge in [-0.2, -0.15) is 0 Å². The Morgan fingerprint density at radius 1 is 1.19 bits per heavy atom. The van der Waals surface area contributed by atoms with Gasteiger partial charge in [0, 0.05) is 17.5 Å². The van der Waals surface area contributed by atoms with E-state index in [1.807, 2.05) is 17.5 Å². The van der Waals surface area contributed by atoms with Gasteiger partial charge < -0.3 is 20.0 Å². The molecule has 1 unspecified atom stereocenters. The van der Waals surface area contributed by atoms with Crippen LogP contribution in [0.2, 0.25) is 0 Å². The molecule has 1 aliphatic rings. The fourth-order valence-corrected chi connectivity index (χ4v) is 4.60. The first-order valence-corrected chi connectivity index (χ1v) is 11.8. The second-order valence-corrected chi connectivity index (χ2v) is 9.32. The van der Waals surface area contributed by atoms with Gasteiger partial charge in [-0.05, 0) is 48.8 Å². The van der Waals surface area contributed by atoms with Crippen molar-refractivity contribution in [2.24, 2.45) is 5.92 Å². The van der Waals surface area contributed by atoms with Gasteiger partial charge in [0.1, 0.15) is 6.04 Å². The highest BCUT2D eigenvalue weighted by Crippen LogP contribution is 2.28. The Morgan fingerprint density at radius 3 is 2.58 bits per heavy atom. The second-order valence-electron chi connectivity index (χ2n) is 8.34. The largest absolute Gasteiger partial charge is 0.459 e. The minimum atomic E-state index is -0.702. The maximum absolute atomic E-state index is 13.3. The SMILES string of the molecule is CC(C)CCN(C(=O)CNC(=O)c1ccco1)C(C(=O)NC1CCCC1)c1cccs1. The zero-order valence-corrected chi connectivity index (χ0v) is 19.0. The van der Waals surface area contributed by atoms with Crippen molar-refractivity contribution in [2.75, 3.05) is 13.1 Å². The summed E-state index contributed by atoms with van der Waals surface area (Å²) in [5.41, 5.74) is 0. The van der Waals surface area contributed by atoms with E-state index < -0.39 is 11.9 Å². The summed E-state index contributed by atoms with van der Waals surface area (Å²) >= 11 is 1.46. The molecule has 8 heteroatoms. The van der Waals surface area contributed by atoms with E-state index in [0.29, 0.717) is 12.5 Å². The summed E-state index contributed by atoms with van der Waals surface area (Å²) in [5, 5.41) is 7.67. The van der Waals surface area contributed by atoms with Gasteiger partial charge in [0.05, 0.1) is 12.8 Å². The molecule has 3 amide bonds. The van der Waals surface area contributed by atoms with Crippen LogP contribution in [0, 0.1) is 5.92 Å². The Bertz CT molecular complexity index is 842. The number of amides is 3. The number of thiophene rings is 1. The van der Waals surface area contributed by atoms with Gasteiger partial charge in [-0.3, -0.25) is 14.4 Å². The van der Waals surface area contributed by atoms with E-state index in [-0.39, 0.29) is 30.2 Å². The van der Waals surface area contributed by atoms with Crippen molar-refractivity contribution < 1.29 is 18.8 Å². The molecule has 1 aliphatic carbocycles. The van der Waals surface area contributed by atoms with E-state index in [1.165, 1.54) is 17.6 Å². The van der Waals surface area contributed by atoms with Crippen LogP contribution in [0.1, 0.15) is 67.4 Å². The molecule has 2 N–H and O–H groups in total. The Kier molecular flexibility index (Phi) is 8.28. The zero-order valence-electron chi connectivity index (χ0n) is 18.1. The van der Waals surface area contributed by atoms with Gasteiger partial charge in [0.15, 0.2) is 5.76 Å². The number of nitrogens with zero attached hydrogens (tertiary/aromatic N) is 1. The average molecular weight is 446 g/mol. The third kappa shape index (κ3) is 6.43. The molecule has 7 nitrogen and oxygen atoms in total. The highest BCUT2D eigenvalue weighted by Gasteiger charge is 2.33. The summed E-state index contributed by atoms with van der Waals surface area (Å²) in [6, 6.07) is 6.40. The maximum atomic E-state index is 13.3. The molecule has 168 valence electrons. The van der Waals surface area contributed by atoms with Crippen molar-refractivity contribution in [2.45, 2.75) is 58.0 Å². The van der Waals surface area contributed by atoms with Gasteiger partial charge in [-0.25, -0.2) is 0 Å². The van der Waals surface area contributed by atoms with Gasteiger partial charge in [-0.1, -0.05) is 32.8 Å². The molecule has 2 aromatic heterocycles. The lowest BCUT2D eigenvalue weighted by atomic mass is 10.1. The quantitative estimate of drug-likeness (QED) is 0.583. The van der Waals surface area contributed by atoms with Crippen molar-refractivity contribution in [1.82, 2.24) is 15.5 Å². The Balaban J connectivity index is 1.76. The molecule has 31 heavy (non-hydrogen) atoms. The number of carbonyl (C=O) groups is 3. The summed E-state index contributed by atoms with van der Waals surface area (Å²) in [6.45, 7) is 4.41. The number of carbonyl (C=O) groups excluding carboxylic acids is 3. The molecule has 0 bridgehead atoms. The summed E-state index contributed by atoms with van der Waals surface area (Å²) in [5.74, 6) is -0.375. The second kappa shape index (κ2) is 11.1. The molecule has 1 saturated carbocycles. The third-order valence-electron chi connectivity index (χ3n) is 5.49. The molecule has 3 rings (SSSR count). The number of furan rings is 1. The van der Waals surface area contributed by atoms with Crippen LogP contribution in [0.3, 0.4) is 0 Å². The van der Waals surface area contributed by atoms with Crippen LogP contribution < -0.4 is 10.6 Å². The number of hydrogen-bond acceptors (Lipinski definition) is 5. The number of rotatable bonds is 10. The lowest BCUT2D eigenvalue weighted by Crippen LogP contribution is -2.49. The zero-order chi connectivity index (χ0) is 22.2. The maximum Gasteiger partial charge on any atom is 0.287 e. The average Bonchev–Trinajstić information content (AvgIpc) is 3.51. The smallest absolute Gasteiger partial charge is 0.287 e. The molecule has 1 fully saturated rings. The lowest BCUT2D eigenvalue weighted by Gasteiger charge is -2.32. The minimum Gasteiger partial charge on any atom is -0.459 e. The molecule has 2 heterocycles. The van der Waals surface area contributed by atoms with E-state index in [1.54, 1.807) is 17.0 Å². The van der Waals surface area contributed by atoms with E-state index in [4.69, 9.17) is 4.42 Å². The third-order valence-corrected chi connectivity index (χ3v) is 6.41. The first kappa shape index (κ1) is 23.1. The van der Waals surface area contributed by atoms with Gasteiger partial charge in [0.25, 0.3) is 5.91 Å². The fourth-order valence-electron chi connectivity index (χ4n) is 3.77. The number of hydrogen-bond donors (Lipinski definition) is 2. The Morgan fingerprint density at radius 2 is 1.97 bits per heavy atom. The fraction of sp³-hybridized carbons (Fsp3) is 0.522. The van der Waals surface area contributed by atoms with Crippen LogP contribution in [0.4, 0.5) is 0 Å². The summed E-state index contributed by atoms with van der Waals surface area (Å²) in [6.07, 6.45) is 6.35. The molecule has 0 spiro atoms. The van der Waals surface area contributed by atoms with Crippen molar-refractivity contribution >= 4 is 29.1 Å². The first-order valence-electron chi connectivity index (χ1n) is 10.9. The van der Waals surface area contributed by atoms with Gasteiger partial charge in [-0.15, -0.1) is 11.3 Å². The highest BCUT2D eigenvalue weighted by atomic mass is 32.1. The van der Waals surface area contributed by atoms with Crippen LogP contribution in [0.5, 0.6) is 0 Å². The van der Waals surface area contributed by atoms with Crippen LogP contribution >= 0.6 is 11.3 Å². The van der Waals surface area contributed by atoms with Crippen LogP contribution in [-0.4, -0.2) is 41.8 Å². The van der Waals surface area contributed by atoms with Crippen LogP contribution in [-0.2, 0) is 9.59 Å². The monoisotopic (exact) mass is 445 g/mol. The van der Waals surface area contributed by atoms with Crippen LogP contribution in [0.25, 0.3) is 0 Å². The molecule has 0 aliphatic heterocycles. The van der Waals surface area contributed by atoms with Crippen molar-refractivity contribution in [3.8, 4) is 0 Å². The van der Waals surface area contributed by atoms with Crippen molar-refractivity contribution in [3.05, 3.63) is 46.5 Å². The summed E-state index contributed by atoms with van der Waals surface area (Å²) in [4.78, 5) is 41.2. The van der Waals surface area contributed by atoms with E-state index in [2.05, 4.69) is 24.5 Å². The van der Waals surface area contributed by atoms with Crippen LogP contribution in [0.15, 0.2) is 40.3 Å². The lowest BCUT2D eigenvalue weighted by molar-refractivity contribution is -0.140. The minimum absolute atomic E-state index is 0.148.